The van der Waals surface area contributed by atoms with Crippen molar-refractivity contribution >= 4 is 40.6 Å². The number of anilines is 7. The number of nitrogens with one attached hydrogen (secondary N) is 3. The normalized spacial score (nSPS) is 10.9. The van der Waals surface area contributed by atoms with Crippen LogP contribution in [0.3, 0.4) is 0 Å². The number of aromatic nitrogens is 3. The van der Waals surface area contributed by atoms with E-state index in [-0.39, 0.29) is 0 Å². The van der Waals surface area contributed by atoms with E-state index < -0.39 is 0 Å². The molecule has 8 nitrogen and oxygen atoms in total. The van der Waals surface area contributed by atoms with Crippen LogP contribution in [0, 0.1) is 0 Å². The van der Waals surface area contributed by atoms with Crippen molar-refractivity contribution in [1.29, 1.82) is 0 Å². The monoisotopic (exact) mass is 400 g/mol. The Hall–Kier alpha value is -4.33. The Morgan fingerprint density at radius 2 is 1.37 bits per heavy atom. The van der Waals surface area contributed by atoms with Crippen LogP contribution in [0.1, 0.15) is 0 Å². The first-order valence-electron chi connectivity index (χ1n) is 9.25. The first kappa shape index (κ1) is 20.4. The van der Waals surface area contributed by atoms with E-state index in [9.17, 15) is 0 Å². The van der Waals surface area contributed by atoms with Crippen LogP contribution in [0.5, 0.6) is 0 Å². The zero-order chi connectivity index (χ0) is 21.3. The molecule has 30 heavy (non-hydrogen) atoms. The molecule has 0 atom stereocenters. The quantitative estimate of drug-likeness (QED) is 0.267. The summed E-state index contributed by atoms with van der Waals surface area (Å²) in [5.41, 5.74) is 15.5. The predicted molar refractivity (Wildman–Crippen MR) is 125 cm³/mol. The summed E-state index contributed by atoms with van der Waals surface area (Å²) in [5.74, 6) is 1.11. The van der Waals surface area contributed by atoms with E-state index in [1.165, 1.54) is 0 Å². The van der Waals surface area contributed by atoms with Gasteiger partial charge in [0.25, 0.3) is 0 Å². The van der Waals surface area contributed by atoms with Gasteiger partial charge in [-0.25, -0.2) is 0 Å². The largest absolute Gasteiger partial charge is 0.399 e. The highest BCUT2D eigenvalue weighted by atomic mass is 15.3. The SMILES string of the molecule is C=C/C=C(\C=C)CNc1nc(Nc2cccc(N)c2)nc(Nc2cccc(N)c2)n1. The van der Waals surface area contributed by atoms with Gasteiger partial charge in [0.1, 0.15) is 0 Å². The molecule has 152 valence electrons. The van der Waals surface area contributed by atoms with Gasteiger partial charge in [-0.1, -0.05) is 43.5 Å². The Balaban J connectivity index is 1.89. The van der Waals surface area contributed by atoms with Crippen molar-refractivity contribution in [1.82, 2.24) is 15.0 Å². The molecule has 7 N–H and O–H groups in total. The van der Waals surface area contributed by atoms with Crippen LogP contribution in [0.2, 0.25) is 0 Å². The summed E-state index contributed by atoms with van der Waals surface area (Å²) < 4.78 is 0. The first-order chi connectivity index (χ1) is 14.6. The van der Waals surface area contributed by atoms with Crippen molar-refractivity contribution in [3.05, 3.63) is 85.5 Å². The van der Waals surface area contributed by atoms with E-state index in [0.717, 1.165) is 16.9 Å². The van der Waals surface area contributed by atoms with Crippen molar-refractivity contribution < 1.29 is 0 Å². The number of benzene rings is 2. The van der Waals surface area contributed by atoms with Crippen LogP contribution in [0.15, 0.2) is 85.5 Å². The van der Waals surface area contributed by atoms with Gasteiger partial charge in [-0.15, -0.1) is 0 Å². The maximum atomic E-state index is 5.86. The number of nitrogens with zero attached hydrogens (tertiary/aromatic N) is 3. The Kier molecular flexibility index (Phi) is 6.63. The van der Waals surface area contributed by atoms with E-state index in [1.807, 2.05) is 30.3 Å². The van der Waals surface area contributed by atoms with Gasteiger partial charge in [0, 0.05) is 29.3 Å². The van der Waals surface area contributed by atoms with E-state index >= 15 is 0 Å². The fourth-order valence-corrected chi connectivity index (χ4v) is 2.59. The molecule has 2 aromatic carbocycles. The molecule has 1 heterocycles. The molecular weight excluding hydrogens is 376 g/mol. The Bertz CT molecular complexity index is 1010. The zero-order valence-electron chi connectivity index (χ0n) is 16.5. The van der Waals surface area contributed by atoms with E-state index in [1.54, 1.807) is 36.4 Å². The number of allylic oxidation sites excluding steroid dienone is 2. The maximum Gasteiger partial charge on any atom is 0.233 e. The lowest BCUT2D eigenvalue weighted by Crippen LogP contribution is -2.11. The second-order valence-electron chi connectivity index (χ2n) is 6.34. The van der Waals surface area contributed by atoms with Gasteiger partial charge in [0.15, 0.2) is 0 Å². The second-order valence-corrected chi connectivity index (χ2v) is 6.34. The molecule has 3 rings (SSSR count). The summed E-state index contributed by atoms with van der Waals surface area (Å²) in [6.45, 7) is 7.98. The minimum absolute atomic E-state index is 0.359. The summed E-state index contributed by atoms with van der Waals surface area (Å²) in [4.78, 5) is 13.3. The summed E-state index contributed by atoms with van der Waals surface area (Å²) in [7, 11) is 0. The van der Waals surface area contributed by atoms with Crippen LogP contribution in [0.25, 0.3) is 0 Å². The molecule has 1 aromatic heterocycles. The third kappa shape index (κ3) is 5.83. The van der Waals surface area contributed by atoms with E-state index in [2.05, 4.69) is 44.1 Å². The van der Waals surface area contributed by atoms with E-state index in [0.29, 0.717) is 35.8 Å². The van der Waals surface area contributed by atoms with Gasteiger partial charge in [-0.3, -0.25) is 0 Å². The summed E-state index contributed by atoms with van der Waals surface area (Å²) in [5, 5.41) is 9.48. The van der Waals surface area contributed by atoms with Gasteiger partial charge < -0.3 is 27.4 Å². The predicted octanol–water partition coefficient (Wildman–Crippen LogP) is 4.23. The van der Waals surface area contributed by atoms with Crippen LogP contribution in [0.4, 0.5) is 40.6 Å². The lowest BCUT2D eigenvalue weighted by molar-refractivity contribution is 1.04. The molecule has 0 saturated heterocycles. The molecular formula is C22H24N8. The molecule has 0 spiro atoms. The Morgan fingerprint density at radius 3 is 1.83 bits per heavy atom. The highest BCUT2D eigenvalue weighted by Crippen LogP contribution is 2.21. The third-order valence-electron chi connectivity index (χ3n) is 3.97. The minimum Gasteiger partial charge on any atom is -0.399 e. The fourth-order valence-electron chi connectivity index (χ4n) is 2.59. The fraction of sp³-hybridized carbons (Fsp3) is 0.0455. The molecule has 0 aliphatic heterocycles. The van der Waals surface area contributed by atoms with Crippen molar-refractivity contribution in [3.8, 4) is 0 Å². The second kappa shape index (κ2) is 9.74. The highest BCUT2D eigenvalue weighted by molar-refractivity contribution is 5.63. The van der Waals surface area contributed by atoms with Gasteiger partial charge in [-0.05, 0) is 42.0 Å². The molecule has 0 aliphatic carbocycles. The van der Waals surface area contributed by atoms with Gasteiger partial charge >= 0.3 is 0 Å². The number of hydrogen-bond acceptors (Lipinski definition) is 8. The first-order valence-corrected chi connectivity index (χ1v) is 9.25. The molecule has 0 unspecified atom stereocenters. The highest BCUT2D eigenvalue weighted by Gasteiger charge is 2.08. The molecule has 8 heteroatoms. The molecule has 0 bridgehead atoms. The molecule has 0 radical (unpaired) electrons. The molecule has 0 aliphatic rings. The standard InChI is InChI=1S/C22H24N8/c1-3-7-15(4-2)14-25-20-28-21(26-18-10-5-8-16(23)12-18)30-22(29-20)27-19-11-6-9-17(24)13-19/h3-13H,1-2,14,23-24H2,(H3,25,26,27,28,29,30)/b15-7+. The van der Waals surface area contributed by atoms with Crippen LogP contribution >= 0.6 is 0 Å². The minimum atomic E-state index is 0.359. The zero-order valence-corrected chi connectivity index (χ0v) is 16.5. The van der Waals surface area contributed by atoms with Crippen LogP contribution in [-0.4, -0.2) is 21.5 Å². The molecule has 0 fully saturated rings. The van der Waals surface area contributed by atoms with Gasteiger partial charge in [-0.2, -0.15) is 15.0 Å². The van der Waals surface area contributed by atoms with Crippen molar-refractivity contribution in [3.63, 3.8) is 0 Å². The molecule has 0 saturated carbocycles. The van der Waals surface area contributed by atoms with Crippen molar-refractivity contribution in [2.24, 2.45) is 0 Å². The number of hydrogen-bond donors (Lipinski definition) is 5. The number of nitrogens with two attached hydrogens (primary N) is 2. The lowest BCUT2D eigenvalue weighted by atomic mass is 10.2. The summed E-state index contributed by atoms with van der Waals surface area (Å²) in [6.07, 6.45) is 5.30. The number of nitrogen functional groups attached to an aromatic ring is 2. The maximum absolute atomic E-state index is 5.86. The van der Waals surface area contributed by atoms with Gasteiger partial charge in [0.05, 0.1) is 0 Å². The Labute approximate surface area is 175 Å². The average Bonchev–Trinajstić information content (AvgIpc) is 2.71. The smallest absolute Gasteiger partial charge is 0.233 e. The van der Waals surface area contributed by atoms with Crippen molar-refractivity contribution in [2.45, 2.75) is 0 Å². The van der Waals surface area contributed by atoms with Gasteiger partial charge in [0.2, 0.25) is 17.8 Å². The molecule has 3 aromatic rings. The van der Waals surface area contributed by atoms with Crippen LogP contribution < -0.4 is 27.4 Å². The summed E-state index contributed by atoms with van der Waals surface area (Å²) >= 11 is 0. The molecule has 0 amide bonds. The Morgan fingerprint density at radius 1 is 0.833 bits per heavy atom. The lowest BCUT2D eigenvalue weighted by Gasteiger charge is -2.12. The van der Waals surface area contributed by atoms with Crippen molar-refractivity contribution in [2.75, 3.05) is 34.0 Å². The average molecular weight is 400 g/mol. The summed E-state index contributed by atoms with van der Waals surface area (Å²) in [6, 6.07) is 14.7. The topological polar surface area (TPSA) is 127 Å². The van der Waals surface area contributed by atoms with E-state index in [4.69, 9.17) is 11.5 Å². The number of rotatable bonds is 9. The third-order valence-corrected chi connectivity index (χ3v) is 3.97. The van der Waals surface area contributed by atoms with Crippen LogP contribution in [-0.2, 0) is 0 Å².